The summed E-state index contributed by atoms with van der Waals surface area (Å²) in [6, 6.07) is 7.36. The first-order valence-corrected chi connectivity index (χ1v) is 6.30. The van der Waals surface area contributed by atoms with Crippen LogP contribution in [0.4, 0.5) is 0 Å². The molecule has 1 aromatic rings. The Morgan fingerprint density at radius 1 is 1.33 bits per heavy atom. The van der Waals surface area contributed by atoms with Crippen LogP contribution in [0.1, 0.15) is 37.6 Å². The maximum atomic E-state index is 12.3. The number of nitrogens with zero attached hydrogens (tertiary/aromatic N) is 1. The summed E-state index contributed by atoms with van der Waals surface area (Å²) < 4.78 is 5.22. The summed E-state index contributed by atoms with van der Waals surface area (Å²) in [5, 5.41) is 0. The molecule has 0 aromatic heterocycles. The number of benzene rings is 1. The van der Waals surface area contributed by atoms with Crippen molar-refractivity contribution in [2.75, 3.05) is 20.7 Å². The van der Waals surface area contributed by atoms with Crippen LogP contribution in [0.3, 0.4) is 0 Å². The molecule has 1 aromatic carbocycles. The molecule has 1 rings (SSSR count). The van der Waals surface area contributed by atoms with E-state index < -0.39 is 0 Å². The third-order valence-electron chi connectivity index (χ3n) is 3.69. The van der Waals surface area contributed by atoms with Crippen molar-refractivity contribution in [1.29, 1.82) is 0 Å². The summed E-state index contributed by atoms with van der Waals surface area (Å²) in [6.07, 6.45) is 1.00. The highest BCUT2D eigenvalue weighted by Crippen LogP contribution is 2.21. The lowest BCUT2D eigenvalue weighted by molar-refractivity contribution is 0.0844. The Hall–Kier alpha value is -1.35. The second kappa shape index (κ2) is 6.01. The van der Waals surface area contributed by atoms with Gasteiger partial charge in [-0.25, -0.2) is 0 Å². The number of carbonyl (C=O) groups is 1. The van der Waals surface area contributed by atoms with E-state index in [9.17, 15) is 4.79 Å². The molecule has 0 N–H and O–H groups in total. The van der Waals surface area contributed by atoms with Gasteiger partial charge in [0.2, 0.25) is 0 Å². The number of ether oxygens (including phenoxy) is 1. The fraction of sp³-hybridized carbons (Fsp3) is 0.533. The van der Waals surface area contributed by atoms with Gasteiger partial charge in [0.15, 0.2) is 5.78 Å². The molecule has 100 valence electrons. The molecule has 0 heterocycles. The third kappa shape index (κ3) is 3.33. The Labute approximate surface area is 110 Å². The molecule has 3 nitrogen and oxygen atoms in total. The van der Waals surface area contributed by atoms with Crippen molar-refractivity contribution in [2.24, 2.45) is 0 Å². The van der Waals surface area contributed by atoms with Crippen LogP contribution in [0.25, 0.3) is 0 Å². The minimum Gasteiger partial charge on any atom is -0.496 e. The van der Waals surface area contributed by atoms with E-state index in [0.717, 1.165) is 6.42 Å². The molecule has 0 atom stereocenters. The van der Waals surface area contributed by atoms with Gasteiger partial charge in [-0.05, 0) is 39.4 Å². The first-order chi connectivity index (χ1) is 8.42. The van der Waals surface area contributed by atoms with E-state index in [2.05, 4.69) is 25.7 Å². The topological polar surface area (TPSA) is 29.5 Å². The van der Waals surface area contributed by atoms with E-state index in [-0.39, 0.29) is 11.3 Å². The fourth-order valence-electron chi connectivity index (χ4n) is 1.66. The van der Waals surface area contributed by atoms with Crippen LogP contribution in [0.5, 0.6) is 5.75 Å². The molecular formula is C15H23NO2. The number of likely N-dealkylation sites (N-methyl/N-ethyl adjacent to an activating group) is 1. The van der Waals surface area contributed by atoms with Gasteiger partial charge < -0.3 is 4.74 Å². The second-order valence-corrected chi connectivity index (χ2v) is 5.15. The van der Waals surface area contributed by atoms with Crippen molar-refractivity contribution in [1.82, 2.24) is 4.90 Å². The lowest BCUT2D eigenvalue weighted by Gasteiger charge is -2.34. The fourth-order valence-corrected chi connectivity index (χ4v) is 1.66. The quantitative estimate of drug-likeness (QED) is 0.726. The molecule has 3 heteroatoms. The smallest absolute Gasteiger partial charge is 0.180 e. The molecule has 0 saturated carbocycles. The molecule has 0 unspecified atom stereocenters. The maximum Gasteiger partial charge on any atom is 0.180 e. The summed E-state index contributed by atoms with van der Waals surface area (Å²) in [5.41, 5.74) is 0.677. The van der Waals surface area contributed by atoms with E-state index in [1.54, 1.807) is 7.11 Å². The normalized spacial score (nSPS) is 11.7. The summed E-state index contributed by atoms with van der Waals surface area (Å²) in [6.45, 7) is 6.82. The Bertz CT molecular complexity index is 413. The summed E-state index contributed by atoms with van der Waals surface area (Å²) in [7, 11) is 3.57. The zero-order chi connectivity index (χ0) is 13.8. The van der Waals surface area contributed by atoms with Gasteiger partial charge in [-0.3, -0.25) is 9.69 Å². The summed E-state index contributed by atoms with van der Waals surface area (Å²) >= 11 is 0. The average Bonchev–Trinajstić information content (AvgIpc) is 2.38. The van der Waals surface area contributed by atoms with Crippen molar-refractivity contribution in [2.45, 2.75) is 32.7 Å². The van der Waals surface area contributed by atoms with Crippen LogP contribution < -0.4 is 4.74 Å². The van der Waals surface area contributed by atoms with Crippen LogP contribution in [0.2, 0.25) is 0 Å². The second-order valence-electron chi connectivity index (χ2n) is 5.15. The molecule has 0 fully saturated rings. The zero-order valence-corrected chi connectivity index (χ0v) is 12.0. The van der Waals surface area contributed by atoms with Gasteiger partial charge >= 0.3 is 0 Å². The Morgan fingerprint density at radius 2 is 1.94 bits per heavy atom. The van der Waals surface area contributed by atoms with Crippen molar-refractivity contribution >= 4 is 5.78 Å². The Kier molecular flexibility index (Phi) is 4.91. The van der Waals surface area contributed by atoms with E-state index >= 15 is 0 Å². The van der Waals surface area contributed by atoms with E-state index in [4.69, 9.17) is 4.74 Å². The van der Waals surface area contributed by atoms with Crippen LogP contribution in [-0.2, 0) is 0 Å². The summed E-state index contributed by atoms with van der Waals surface area (Å²) in [5.74, 6) is 0.738. The first-order valence-electron chi connectivity index (χ1n) is 6.30. The molecule has 0 aliphatic carbocycles. The minimum absolute atomic E-state index is 0.0255. The number of hydrogen-bond acceptors (Lipinski definition) is 3. The minimum atomic E-state index is 0.0255. The molecule has 0 aliphatic heterocycles. The predicted molar refractivity (Wildman–Crippen MR) is 74.3 cm³/mol. The lowest BCUT2D eigenvalue weighted by Crippen LogP contribution is -2.43. The number of hydrogen-bond donors (Lipinski definition) is 0. The molecule has 0 aliphatic rings. The zero-order valence-electron chi connectivity index (χ0n) is 12.0. The van der Waals surface area contributed by atoms with E-state index in [0.29, 0.717) is 17.9 Å². The van der Waals surface area contributed by atoms with Gasteiger partial charge in [0, 0.05) is 5.54 Å². The number of methoxy groups -OCH3 is 1. The maximum absolute atomic E-state index is 12.3. The third-order valence-corrected chi connectivity index (χ3v) is 3.69. The SMILES string of the molecule is CCC(C)(C)N(C)CC(=O)c1ccccc1OC. The van der Waals surface area contributed by atoms with Crippen LogP contribution in [0, 0.1) is 0 Å². The number of para-hydroxylation sites is 1. The number of rotatable bonds is 6. The van der Waals surface area contributed by atoms with E-state index in [1.165, 1.54) is 0 Å². The first kappa shape index (κ1) is 14.7. The monoisotopic (exact) mass is 249 g/mol. The standard InChI is InChI=1S/C15H23NO2/c1-6-15(2,3)16(4)11-13(17)12-9-7-8-10-14(12)18-5/h7-10H,6,11H2,1-5H3. The van der Waals surface area contributed by atoms with Crippen molar-refractivity contribution < 1.29 is 9.53 Å². The van der Waals surface area contributed by atoms with Crippen LogP contribution >= 0.6 is 0 Å². The molecule has 0 saturated heterocycles. The molecule has 0 radical (unpaired) electrons. The van der Waals surface area contributed by atoms with Crippen LogP contribution in [-0.4, -0.2) is 36.9 Å². The van der Waals surface area contributed by atoms with Gasteiger partial charge in [-0.15, -0.1) is 0 Å². The highest BCUT2D eigenvalue weighted by Gasteiger charge is 2.24. The number of Topliss-reactive ketones (excluding diaryl/α,β-unsaturated/α-hetero) is 1. The van der Waals surface area contributed by atoms with Crippen molar-refractivity contribution in [3.63, 3.8) is 0 Å². The van der Waals surface area contributed by atoms with Crippen molar-refractivity contribution in [3.8, 4) is 5.75 Å². The Morgan fingerprint density at radius 3 is 2.50 bits per heavy atom. The van der Waals surface area contributed by atoms with Gasteiger partial charge in [-0.2, -0.15) is 0 Å². The molecule has 0 spiro atoms. The highest BCUT2D eigenvalue weighted by molar-refractivity contribution is 6.00. The molecule has 0 amide bonds. The molecular weight excluding hydrogens is 226 g/mol. The average molecular weight is 249 g/mol. The highest BCUT2D eigenvalue weighted by atomic mass is 16.5. The lowest BCUT2D eigenvalue weighted by atomic mass is 9.99. The van der Waals surface area contributed by atoms with E-state index in [1.807, 2.05) is 31.3 Å². The van der Waals surface area contributed by atoms with Gasteiger partial charge in [0.05, 0.1) is 19.2 Å². The summed E-state index contributed by atoms with van der Waals surface area (Å²) in [4.78, 5) is 14.4. The molecule has 0 bridgehead atoms. The van der Waals surface area contributed by atoms with Gasteiger partial charge in [0.25, 0.3) is 0 Å². The predicted octanol–water partition coefficient (Wildman–Crippen LogP) is 3.00. The van der Waals surface area contributed by atoms with Crippen molar-refractivity contribution in [3.05, 3.63) is 29.8 Å². The number of ketones is 1. The van der Waals surface area contributed by atoms with Gasteiger partial charge in [0.1, 0.15) is 5.75 Å². The molecule has 18 heavy (non-hydrogen) atoms. The van der Waals surface area contributed by atoms with Gasteiger partial charge in [-0.1, -0.05) is 19.1 Å². The Balaban J connectivity index is 2.83. The van der Waals surface area contributed by atoms with Crippen LogP contribution in [0.15, 0.2) is 24.3 Å². The largest absolute Gasteiger partial charge is 0.496 e. The number of carbonyl (C=O) groups excluding carboxylic acids is 1.